The van der Waals surface area contributed by atoms with Crippen LogP contribution in [0.1, 0.15) is 35.2 Å². The molecule has 0 aliphatic carbocycles. The maximum absolute atomic E-state index is 9.30. The molecule has 0 atom stereocenters. The smallest absolute Gasteiger partial charge is 0.230 e. The number of anilines is 3. The molecule has 6 rings (SSSR count). The number of nitrogens with one attached hydrogen (secondary N) is 1. The van der Waals surface area contributed by atoms with Crippen molar-refractivity contribution < 1.29 is 14.2 Å². The van der Waals surface area contributed by atoms with Gasteiger partial charge in [-0.05, 0) is 37.0 Å². The van der Waals surface area contributed by atoms with Crippen molar-refractivity contribution in [1.82, 2.24) is 24.4 Å². The first-order chi connectivity index (χ1) is 20.6. The Balaban J connectivity index is 1.27. The highest BCUT2D eigenvalue weighted by Crippen LogP contribution is 2.39. The van der Waals surface area contributed by atoms with Crippen molar-refractivity contribution in [1.29, 1.82) is 5.26 Å². The van der Waals surface area contributed by atoms with Crippen LogP contribution in [-0.4, -0.2) is 65.4 Å². The topological polar surface area (TPSA) is 114 Å². The zero-order chi connectivity index (χ0) is 29.1. The molecule has 0 amide bonds. The van der Waals surface area contributed by atoms with Crippen LogP contribution in [0.2, 0.25) is 0 Å². The molecule has 0 radical (unpaired) electrons. The third-order valence-corrected chi connectivity index (χ3v) is 7.76. The lowest BCUT2D eigenvalue weighted by Crippen LogP contribution is -2.33. The van der Waals surface area contributed by atoms with Crippen molar-refractivity contribution in [3.8, 4) is 29.0 Å². The molecule has 2 aliphatic rings. The molecule has 11 nitrogen and oxygen atoms in total. The number of rotatable bonds is 9. The van der Waals surface area contributed by atoms with Gasteiger partial charge in [-0.2, -0.15) is 10.2 Å². The molecule has 0 saturated carbocycles. The van der Waals surface area contributed by atoms with Gasteiger partial charge in [-0.1, -0.05) is 12.1 Å². The monoisotopic (exact) mass is 566 g/mol. The van der Waals surface area contributed by atoms with Crippen molar-refractivity contribution >= 4 is 17.6 Å². The Morgan fingerprint density at radius 2 is 1.76 bits per heavy atom. The first kappa shape index (κ1) is 27.4. The molecule has 2 aliphatic heterocycles. The van der Waals surface area contributed by atoms with Gasteiger partial charge in [0.1, 0.15) is 12.1 Å². The van der Waals surface area contributed by atoms with Crippen LogP contribution in [0.3, 0.4) is 0 Å². The summed E-state index contributed by atoms with van der Waals surface area (Å²) in [6, 6.07) is 13.8. The Labute approximate surface area is 245 Å². The summed E-state index contributed by atoms with van der Waals surface area (Å²) < 4.78 is 18.4. The fourth-order valence-electron chi connectivity index (χ4n) is 5.70. The maximum atomic E-state index is 9.30. The Kier molecular flexibility index (Phi) is 7.79. The lowest BCUT2D eigenvalue weighted by atomic mass is 10.0. The van der Waals surface area contributed by atoms with E-state index in [-0.39, 0.29) is 0 Å². The second kappa shape index (κ2) is 12.0. The van der Waals surface area contributed by atoms with Gasteiger partial charge >= 0.3 is 0 Å². The number of aromatic nitrogens is 4. The summed E-state index contributed by atoms with van der Waals surface area (Å²) in [7, 11) is 4.77. The number of nitriles is 1. The van der Waals surface area contributed by atoms with Crippen molar-refractivity contribution in [2.75, 3.05) is 51.2 Å². The van der Waals surface area contributed by atoms with E-state index in [0.717, 1.165) is 55.4 Å². The van der Waals surface area contributed by atoms with Gasteiger partial charge in [0, 0.05) is 50.4 Å². The van der Waals surface area contributed by atoms with Gasteiger partial charge in [0.05, 0.1) is 50.5 Å². The standard InChI is InChI=1S/C31H34N8O3/c1-40-26-14-23(15-27(41-2)29(26)42-3)39-19-28(33-20-39)35-31-34-25-18-37(17-22-8-6-7-21(13-22)16-32)12-9-24(25)30(36-31)38-10-4-5-11-38/h6-8,13-15,19-20H,4-5,9-12,17-18H2,1-3H3,(H,34,35,36). The first-order valence-corrected chi connectivity index (χ1v) is 14.1. The summed E-state index contributed by atoms with van der Waals surface area (Å²) in [5.74, 6) is 3.83. The summed E-state index contributed by atoms with van der Waals surface area (Å²) >= 11 is 0. The number of ether oxygens (including phenoxy) is 3. The summed E-state index contributed by atoms with van der Waals surface area (Å²) in [6.45, 7) is 4.40. The normalized spacial score (nSPS) is 14.8. The Hall–Kier alpha value is -4.82. The minimum atomic E-state index is 0.527. The van der Waals surface area contributed by atoms with E-state index in [1.54, 1.807) is 27.7 Å². The maximum Gasteiger partial charge on any atom is 0.230 e. The van der Waals surface area contributed by atoms with Gasteiger partial charge in [0.2, 0.25) is 11.7 Å². The van der Waals surface area contributed by atoms with Gasteiger partial charge in [0.25, 0.3) is 0 Å². The average Bonchev–Trinajstić information content (AvgIpc) is 3.73. The molecular weight excluding hydrogens is 532 g/mol. The van der Waals surface area contributed by atoms with E-state index in [2.05, 4.69) is 32.2 Å². The second-order valence-electron chi connectivity index (χ2n) is 10.4. The zero-order valence-corrected chi connectivity index (χ0v) is 24.1. The van der Waals surface area contributed by atoms with E-state index in [4.69, 9.17) is 24.2 Å². The molecule has 0 spiro atoms. The van der Waals surface area contributed by atoms with E-state index in [9.17, 15) is 5.26 Å². The fourth-order valence-corrected chi connectivity index (χ4v) is 5.70. The predicted octanol–water partition coefficient (Wildman–Crippen LogP) is 4.46. The molecule has 2 aromatic carbocycles. The van der Waals surface area contributed by atoms with Crippen LogP contribution < -0.4 is 24.4 Å². The predicted molar refractivity (Wildman–Crippen MR) is 159 cm³/mol. The van der Waals surface area contributed by atoms with Crippen molar-refractivity contribution in [2.45, 2.75) is 32.4 Å². The van der Waals surface area contributed by atoms with Gasteiger partial charge in [-0.15, -0.1) is 0 Å². The van der Waals surface area contributed by atoms with Crippen LogP contribution in [0.15, 0.2) is 48.9 Å². The van der Waals surface area contributed by atoms with Crippen molar-refractivity contribution in [2.24, 2.45) is 0 Å². The molecule has 11 heteroatoms. The van der Waals surface area contributed by atoms with Crippen LogP contribution in [0.5, 0.6) is 17.2 Å². The second-order valence-corrected chi connectivity index (χ2v) is 10.4. The molecular formula is C31H34N8O3. The zero-order valence-electron chi connectivity index (χ0n) is 24.1. The first-order valence-electron chi connectivity index (χ1n) is 14.1. The van der Waals surface area contributed by atoms with Crippen molar-refractivity contribution in [3.05, 3.63) is 71.3 Å². The molecule has 216 valence electrons. The van der Waals surface area contributed by atoms with Crippen molar-refractivity contribution in [3.63, 3.8) is 0 Å². The summed E-state index contributed by atoms with van der Waals surface area (Å²) in [6.07, 6.45) is 6.83. The third kappa shape index (κ3) is 5.53. The Morgan fingerprint density at radius 1 is 0.976 bits per heavy atom. The van der Waals surface area contributed by atoms with Gasteiger partial charge < -0.3 is 29.0 Å². The molecule has 0 unspecified atom stereocenters. The number of methoxy groups -OCH3 is 3. The fraction of sp³-hybridized carbons (Fsp3) is 0.355. The quantitative estimate of drug-likeness (QED) is 0.311. The highest BCUT2D eigenvalue weighted by Gasteiger charge is 2.27. The van der Waals surface area contributed by atoms with E-state index in [1.165, 1.54) is 18.4 Å². The van der Waals surface area contributed by atoms with Crippen LogP contribution in [0.25, 0.3) is 5.69 Å². The highest BCUT2D eigenvalue weighted by molar-refractivity contribution is 5.60. The van der Waals surface area contributed by atoms with Crippen LogP contribution >= 0.6 is 0 Å². The van der Waals surface area contributed by atoms with Crippen LogP contribution in [0.4, 0.5) is 17.6 Å². The highest BCUT2D eigenvalue weighted by atomic mass is 16.5. The minimum Gasteiger partial charge on any atom is -0.493 e. The number of hydrogen-bond donors (Lipinski definition) is 1. The van der Waals surface area contributed by atoms with Gasteiger partial charge in [-0.25, -0.2) is 9.97 Å². The molecule has 1 saturated heterocycles. The van der Waals surface area contributed by atoms with Crippen LogP contribution in [0, 0.1) is 11.3 Å². The average molecular weight is 567 g/mol. The largest absolute Gasteiger partial charge is 0.493 e. The van der Waals surface area contributed by atoms with Gasteiger partial charge in [0.15, 0.2) is 17.3 Å². The molecule has 4 aromatic rings. The SMILES string of the molecule is COc1cc(-n2cnc(Nc3nc4c(c(N5CCCC5)n3)CCN(Cc3cccc(C#N)c3)C4)c2)cc(OC)c1OC. The summed E-state index contributed by atoms with van der Waals surface area (Å²) in [5.41, 5.74) is 4.88. The Bertz CT molecular complexity index is 1600. The van der Waals surface area contributed by atoms with E-state index in [1.807, 2.05) is 41.1 Å². The number of nitrogens with zero attached hydrogens (tertiary/aromatic N) is 7. The van der Waals surface area contributed by atoms with E-state index in [0.29, 0.717) is 41.1 Å². The third-order valence-electron chi connectivity index (χ3n) is 7.76. The minimum absolute atomic E-state index is 0.527. The molecule has 2 aromatic heterocycles. The number of imidazole rings is 1. The lowest BCUT2D eigenvalue weighted by molar-refractivity contribution is 0.241. The number of hydrogen-bond acceptors (Lipinski definition) is 10. The number of benzene rings is 2. The van der Waals surface area contributed by atoms with Gasteiger partial charge in [-0.3, -0.25) is 4.90 Å². The molecule has 4 heterocycles. The summed E-state index contributed by atoms with van der Waals surface area (Å²) in [5, 5.41) is 12.6. The molecule has 1 N–H and O–H groups in total. The molecule has 0 bridgehead atoms. The molecule has 1 fully saturated rings. The lowest BCUT2D eigenvalue weighted by Gasteiger charge is -2.31. The Morgan fingerprint density at radius 3 is 2.48 bits per heavy atom. The molecule has 42 heavy (non-hydrogen) atoms. The summed E-state index contributed by atoms with van der Waals surface area (Å²) in [4.78, 5) is 19.3. The number of fused-ring (bicyclic) bond motifs is 1. The van der Waals surface area contributed by atoms with E-state index < -0.39 is 0 Å². The van der Waals surface area contributed by atoms with Crippen LogP contribution in [-0.2, 0) is 19.5 Å². The van der Waals surface area contributed by atoms with E-state index >= 15 is 0 Å².